The first-order valence-electron chi connectivity index (χ1n) is 6.10. The molecular formula is C14H14N4OS. The number of aryl methyl sites for hydroxylation is 1. The van der Waals surface area contributed by atoms with Crippen LogP contribution >= 0.6 is 11.3 Å². The fourth-order valence-electron chi connectivity index (χ4n) is 2.07. The van der Waals surface area contributed by atoms with Crippen LogP contribution in [0.15, 0.2) is 29.6 Å². The van der Waals surface area contributed by atoms with Crippen molar-refractivity contribution in [2.24, 2.45) is 0 Å². The topological polar surface area (TPSA) is 76.8 Å². The Morgan fingerprint density at radius 1 is 1.25 bits per heavy atom. The largest absolute Gasteiger partial charge is 0.497 e. The van der Waals surface area contributed by atoms with Crippen LogP contribution < -0.4 is 10.5 Å². The molecule has 3 rings (SSSR count). The SMILES string of the molecule is COc1ccc(-c2c(N)n[nH]c2-c2csc(C)n2)cc1. The lowest BCUT2D eigenvalue weighted by Crippen LogP contribution is -1.89. The molecule has 102 valence electrons. The van der Waals surface area contributed by atoms with E-state index in [0.29, 0.717) is 5.82 Å². The van der Waals surface area contributed by atoms with Gasteiger partial charge in [0.2, 0.25) is 0 Å². The van der Waals surface area contributed by atoms with Crippen LogP contribution in [0, 0.1) is 6.92 Å². The summed E-state index contributed by atoms with van der Waals surface area (Å²) < 4.78 is 5.17. The lowest BCUT2D eigenvalue weighted by molar-refractivity contribution is 0.415. The Balaban J connectivity index is 2.10. The summed E-state index contributed by atoms with van der Waals surface area (Å²) >= 11 is 1.60. The Hall–Kier alpha value is -2.34. The van der Waals surface area contributed by atoms with Crippen molar-refractivity contribution in [3.8, 4) is 28.3 Å². The van der Waals surface area contributed by atoms with Crippen LogP contribution in [0.1, 0.15) is 5.01 Å². The van der Waals surface area contributed by atoms with Crippen LogP contribution in [0.2, 0.25) is 0 Å². The Kier molecular flexibility index (Phi) is 3.15. The summed E-state index contributed by atoms with van der Waals surface area (Å²) in [6.45, 7) is 1.97. The van der Waals surface area contributed by atoms with Gasteiger partial charge in [-0.1, -0.05) is 12.1 Å². The van der Waals surface area contributed by atoms with Crippen LogP contribution in [0.3, 0.4) is 0 Å². The second kappa shape index (κ2) is 4.97. The smallest absolute Gasteiger partial charge is 0.153 e. The number of ether oxygens (including phenoxy) is 1. The lowest BCUT2D eigenvalue weighted by atomic mass is 10.0. The molecule has 2 aromatic heterocycles. The highest BCUT2D eigenvalue weighted by molar-refractivity contribution is 7.09. The van der Waals surface area contributed by atoms with Gasteiger partial charge in [0.15, 0.2) is 5.82 Å². The van der Waals surface area contributed by atoms with E-state index in [-0.39, 0.29) is 0 Å². The number of rotatable bonds is 3. The average Bonchev–Trinajstić information content (AvgIpc) is 3.05. The van der Waals surface area contributed by atoms with E-state index in [1.54, 1.807) is 18.4 Å². The van der Waals surface area contributed by atoms with E-state index in [4.69, 9.17) is 10.5 Å². The summed E-state index contributed by atoms with van der Waals surface area (Å²) in [4.78, 5) is 4.48. The predicted molar refractivity (Wildman–Crippen MR) is 80.8 cm³/mol. The van der Waals surface area contributed by atoms with Crippen molar-refractivity contribution in [1.29, 1.82) is 0 Å². The molecule has 20 heavy (non-hydrogen) atoms. The molecule has 0 amide bonds. The minimum absolute atomic E-state index is 0.468. The Bertz CT molecular complexity index is 730. The molecule has 2 heterocycles. The van der Waals surface area contributed by atoms with E-state index in [2.05, 4.69) is 15.2 Å². The Labute approximate surface area is 120 Å². The van der Waals surface area contributed by atoms with Crippen molar-refractivity contribution in [3.05, 3.63) is 34.7 Å². The molecule has 0 saturated carbocycles. The monoisotopic (exact) mass is 286 g/mol. The molecule has 6 heteroatoms. The van der Waals surface area contributed by atoms with E-state index in [1.165, 1.54) is 0 Å². The first kappa shape index (κ1) is 12.7. The maximum absolute atomic E-state index is 5.99. The molecule has 0 atom stereocenters. The zero-order valence-electron chi connectivity index (χ0n) is 11.2. The summed E-state index contributed by atoms with van der Waals surface area (Å²) in [5.41, 5.74) is 9.56. The van der Waals surface area contributed by atoms with Crippen LogP contribution in [0.4, 0.5) is 5.82 Å². The van der Waals surface area contributed by atoms with Gasteiger partial charge in [0.25, 0.3) is 0 Å². The third kappa shape index (κ3) is 2.14. The second-order valence-electron chi connectivity index (χ2n) is 4.34. The van der Waals surface area contributed by atoms with E-state index in [1.807, 2.05) is 36.6 Å². The van der Waals surface area contributed by atoms with Crippen LogP contribution in [-0.2, 0) is 0 Å². The maximum atomic E-state index is 5.99. The van der Waals surface area contributed by atoms with Crippen molar-refractivity contribution in [2.75, 3.05) is 12.8 Å². The first-order chi connectivity index (χ1) is 9.69. The lowest BCUT2D eigenvalue weighted by Gasteiger charge is -2.04. The van der Waals surface area contributed by atoms with Gasteiger partial charge in [-0.25, -0.2) is 4.98 Å². The molecule has 3 N–H and O–H groups in total. The van der Waals surface area contributed by atoms with Gasteiger partial charge in [-0.05, 0) is 24.6 Å². The van der Waals surface area contributed by atoms with Crippen LogP contribution in [0.5, 0.6) is 5.75 Å². The minimum Gasteiger partial charge on any atom is -0.497 e. The van der Waals surface area contributed by atoms with Gasteiger partial charge in [0.05, 0.1) is 29.1 Å². The zero-order valence-corrected chi connectivity index (χ0v) is 12.0. The molecule has 0 saturated heterocycles. The zero-order chi connectivity index (χ0) is 14.1. The fourth-order valence-corrected chi connectivity index (χ4v) is 2.67. The van der Waals surface area contributed by atoms with Crippen molar-refractivity contribution < 1.29 is 4.74 Å². The summed E-state index contributed by atoms with van der Waals surface area (Å²) in [6, 6.07) is 7.72. The molecule has 0 aliphatic heterocycles. The number of anilines is 1. The van der Waals surface area contributed by atoms with Gasteiger partial charge < -0.3 is 10.5 Å². The van der Waals surface area contributed by atoms with Crippen molar-refractivity contribution in [1.82, 2.24) is 15.2 Å². The summed E-state index contributed by atoms with van der Waals surface area (Å²) in [6.07, 6.45) is 0. The number of benzene rings is 1. The molecule has 1 aromatic carbocycles. The molecule has 5 nitrogen and oxygen atoms in total. The summed E-state index contributed by atoms with van der Waals surface area (Å²) in [5, 5.41) is 10.1. The minimum atomic E-state index is 0.468. The molecule has 0 spiro atoms. The highest BCUT2D eigenvalue weighted by Crippen LogP contribution is 2.35. The van der Waals surface area contributed by atoms with Gasteiger partial charge >= 0.3 is 0 Å². The van der Waals surface area contributed by atoms with Gasteiger partial charge in [-0.2, -0.15) is 5.10 Å². The van der Waals surface area contributed by atoms with E-state index >= 15 is 0 Å². The second-order valence-corrected chi connectivity index (χ2v) is 5.40. The van der Waals surface area contributed by atoms with Crippen LogP contribution in [-0.4, -0.2) is 22.3 Å². The standard InChI is InChI=1S/C14H14N4OS/c1-8-16-11(7-20-8)13-12(14(15)18-17-13)9-3-5-10(19-2)6-4-9/h3-7H,1-2H3,(H3,15,17,18). The Morgan fingerprint density at radius 2 is 2.00 bits per heavy atom. The molecule has 0 unspecified atom stereocenters. The number of methoxy groups -OCH3 is 1. The number of thiazole rings is 1. The highest BCUT2D eigenvalue weighted by Gasteiger charge is 2.16. The average molecular weight is 286 g/mol. The molecule has 0 radical (unpaired) electrons. The number of nitrogens with one attached hydrogen (secondary N) is 1. The number of aromatic amines is 1. The van der Waals surface area contributed by atoms with Crippen molar-refractivity contribution in [3.63, 3.8) is 0 Å². The molecule has 0 bridgehead atoms. The maximum Gasteiger partial charge on any atom is 0.153 e. The quantitative estimate of drug-likeness (QED) is 0.775. The van der Waals surface area contributed by atoms with Gasteiger partial charge in [0.1, 0.15) is 5.75 Å². The number of H-pyrrole nitrogens is 1. The third-order valence-electron chi connectivity index (χ3n) is 3.05. The van der Waals surface area contributed by atoms with Gasteiger partial charge in [0, 0.05) is 5.38 Å². The first-order valence-corrected chi connectivity index (χ1v) is 6.97. The molecule has 0 aliphatic carbocycles. The third-order valence-corrected chi connectivity index (χ3v) is 3.82. The molecule has 3 aromatic rings. The normalized spacial score (nSPS) is 10.7. The van der Waals surface area contributed by atoms with Gasteiger partial charge in [-0.15, -0.1) is 11.3 Å². The predicted octanol–water partition coefficient (Wildman–Crippen LogP) is 3.10. The van der Waals surface area contributed by atoms with Crippen molar-refractivity contribution in [2.45, 2.75) is 6.92 Å². The molecule has 0 fully saturated rings. The Morgan fingerprint density at radius 3 is 2.60 bits per heavy atom. The highest BCUT2D eigenvalue weighted by atomic mass is 32.1. The van der Waals surface area contributed by atoms with E-state index in [9.17, 15) is 0 Å². The van der Waals surface area contributed by atoms with Crippen molar-refractivity contribution >= 4 is 17.2 Å². The molecular weight excluding hydrogens is 272 g/mol. The summed E-state index contributed by atoms with van der Waals surface area (Å²) in [5.74, 6) is 1.28. The number of nitrogens with two attached hydrogens (primary N) is 1. The number of nitrogens with zero attached hydrogens (tertiary/aromatic N) is 2. The number of hydrogen-bond acceptors (Lipinski definition) is 5. The number of aromatic nitrogens is 3. The van der Waals surface area contributed by atoms with Gasteiger partial charge in [-0.3, -0.25) is 5.10 Å². The van der Waals surface area contributed by atoms with E-state index in [0.717, 1.165) is 33.3 Å². The fraction of sp³-hybridized carbons (Fsp3) is 0.143. The molecule has 0 aliphatic rings. The summed E-state index contributed by atoms with van der Waals surface area (Å²) in [7, 11) is 1.64. The van der Waals surface area contributed by atoms with Crippen LogP contribution in [0.25, 0.3) is 22.5 Å². The van der Waals surface area contributed by atoms with E-state index < -0.39 is 0 Å². The number of hydrogen-bond donors (Lipinski definition) is 2. The number of nitrogen functional groups attached to an aromatic ring is 1.